The molecule has 1 unspecified atom stereocenters. The first-order valence-electron chi connectivity index (χ1n) is 16.8. The first kappa shape index (κ1) is 28.3. The molecule has 1 atom stereocenters. The minimum atomic E-state index is -0.567. The first-order chi connectivity index (χ1) is 24.8. The van der Waals surface area contributed by atoms with Crippen LogP contribution in [0, 0.1) is 0 Å². The molecule has 1 aliphatic rings. The average molecular weight is 640 g/mol. The van der Waals surface area contributed by atoms with Crippen molar-refractivity contribution in [3.63, 3.8) is 0 Å². The van der Waals surface area contributed by atoms with Crippen LogP contribution in [0.15, 0.2) is 177 Å². The monoisotopic (exact) mass is 639 g/mol. The quantitative estimate of drug-likeness (QED) is 0.188. The molecule has 234 valence electrons. The lowest BCUT2D eigenvalue weighted by atomic mass is 9.68. The molecule has 50 heavy (non-hydrogen) atoms. The molecule has 1 aliphatic carbocycles. The molecule has 0 saturated carbocycles. The predicted molar refractivity (Wildman–Crippen MR) is 200 cm³/mol. The minimum Gasteiger partial charge on any atom is -0.293 e. The van der Waals surface area contributed by atoms with Crippen molar-refractivity contribution in [1.82, 2.24) is 24.5 Å². The highest BCUT2D eigenvalue weighted by molar-refractivity contribution is 6.16. The maximum Gasteiger partial charge on any atom is 0.138 e. The molecule has 5 heterocycles. The van der Waals surface area contributed by atoms with E-state index in [2.05, 4.69) is 141 Å². The second kappa shape index (κ2) is 11.2. The van der Waals surface area contributed by atoms with E-state index < -0.39 is 5.41 Å². The second-order valence-electron chi connectivity index (χ2n) is 12.7. The third kappa shape index (κ3) is 4.07. The molecule has 5 heteroatoms. The molecule has 0 bridgehead atoms. The summed E-state index contributed by atoms with van der Waals surface area (Å²) in [6.07, 6.45) is 11.3. The Morgan fingerprint density at radius 2 is 1.18 bits per heavy atom. The van der Waals surface area contributed by atoms with Crippen molar-refractivity contribution in [2.75, 3.05) is 0 Å². The van der Waals surface area contributed by atoms with E-state index in [4.69, 9.17) is 4.98 Å². The Hall–Kier alpha value is -6.72. The summed E-state index contributed by atoms with van der Waals surface area (Å²) >= 11 is 0. The molecule has 0 fully saturated rings. The molecular formula is C45H29N5. The van der Waals surface area contributed by atoms with Gasteiger partial charge in [-0.3, -0.25) is 19.5 Å². The van der Waals surface area contributed by atoms with Gasteiger partial charge < -0.3 is 0 Å². The SMILES string of the molecule is c1ccc(C2(c3cccnc3)c3ccccc3-c3c2ccc2c4ccccc4n(-c4cc(-c5cccnc5)cc(-c5cccnc5)n4)c32)cc1. The van der Waals surface area contributed by atoms with Crippen LogP contribution in [0.5, 0.6) is 0 Å². The highest BCUT2D eigenvalue weighted by Gasteiger charge is 2.47. The Labute approximate surface area is 289 Å². The summed E-state index contributed by atoms with van der Waals surface area (Å²) in [6, 6.07) is 49.7. The van der Waals surface area contributed by atoms with E-state index in [-0.39, 0.29) is 0 Å². The topological polar surface area (TPSA) is 56.5 Å². The summed E-state index contributed by atoms with van der Waals surface area (Å²) in [6.45, 7) is 0. The van der Waals surface area contributed by atoms with Gasteiger partial charge in [0.25, 0.3) is 0 Å². The van der Waals surface area contributed by atoms with Crippen molar-refractivity contribution in [3.05, 3.63) is 199 Å². The van der Waals surface area contributed by atoms with Crippen molar-refractivity contribution in [2.24, 2.45) is 0 Å². The molecular weight excluding hydrogens is 611 g/mol. The normalized spacial score (nSPS) is 14.9. The van der Waals surface area contributed by atoms with Gasteiger partial charge in [-0.1, -0.05) is 97.1 Å². The van der Waals surface area contributed by atoms with E-state index in [1.165, 1.54) is 38.6 Å². The van der Waals surface area contributed by atoms with Crippen LogP contribution in [-0.4, -0.2) is 24.5 Å². The summed E-state index contributed by atoms with van der Waals surface area (Å²) < 4.78 is 2.37. The molecule has 0 radical (unpaired) electrons. The van der Waals surface area contributed by atoms with Gasteiger partial charge >= 0.3 is 0 Å². The van der Waals surface area contributed by atoms with Crippen molar-refractivity contribution in [1.29, 1.82) is 0 Å². The average Bonchev–Trinajstić information content (AvgIpc) is 3.70. The van der Waals surface area contributed by atoms with Crippen molar-refractivity contribution in [3.8, 4) is 39.3 Å². The van der Waals surface area contributed by atoms with E-state index >= 15 is 0 Å². The van der Waals surface area contributed by atoms with E-state index in [0.717, 1.165) is 44.8 Å². The van der Waals surface area contributed by atoms with Crippen LogP contribution in [0.2, 0.25) is 0 Å². The van der Waals surface area contributed by atoms with Gasteiger partial charge in [-0.25, -0.2) is 4.98 Å². The zero-order valence-electron chi connectivity index (χ0n) is 27.0. The summed E-state index contributed by atoms with van der Waals surface area (Å²) in [5, 5.41) is 2.36. The summed E-state index contributed by atoms with van der Waals surface area (Å²) in [7, 11) is 0. The lowest BCUT2D eigenvalue weighted by Crippen LogP contribution is -2.28. The number of hydrogen-bond acceptors (Lipinski definition) is 4. The maximum atomic E-state index is 5.40. The lowest BCUT2D eigenvalue weighted by Gasteiger charge is -2.33. The molecule has 0 saturated heterocycles. The fraction of sp³-hybridized carbons (Fsp3) is 0.0222. The number of aromatic nitrogens is 5. The molecule has 9 aromatic rings. The smallest absolute Gasteiger partial charge is 0.138 e. The first-order valence-corrected chi connectivity index (χ1v) is 16.8. The third-order valence-electron chi connectivity index (χ3n) is 10.1. The molecule has 5 nitrogen and oxygen atoms in total. The van der Waals surface area contributed by atoms with E-state index in [1.807, 2.05) is 49.2 Å². The van der Waals surface area contributed by atoms with Gasteiger partial charge in [0.15, 0.2) is 0 Å². The summed E-state index contributed by atoms with van der Waals surface area (Å²) in [5.41, 5.74) is 12.8. The number of benzene rings is 4. The Bertz CT molecular complexity index is 2590. The zero-order chi connectivity index (χ0) is 33.1. The molecule has 0 N–H and O–H groups in total. The predicted octanol–water partition coefficient (Wildman–Crippen LogP) is 10.1. The highest BCUT2D eigenvalue weighted by atomic mass is 15.1. The van der Waals surface area contributed by atoms with Crippen LogP contribution in [0.25, 0.3) is 61.1 Å². The lowest BCUT2D eigenvalue weighted by molar-refractivity contribution is 0.763. The van der Waals surface area contributed by atoms with Crippen LogP contribution in [0.1, 0.15) is 22.3 Å². The van der Waals surface area contributed by atoms with Crippen LogP contribution >= 0.6 is 0 Å². The van der Waals surface area contributed by atoms with Crippen molar-refractivity contribution >= 4 is 21.8 Å². The van der Waals surface area contributed by atoms with Gasteiger partial charge in [0.2, 0.25) is 0 Å². The van der Waals surface area contributed by atoms with Gasteiger partial charge in [0, 0.05) is 64.6 Å². The molecule has 5 aromatic heterocycles. The van der Waals surface area contributed by atoms with Gasteiger partial charge in [0.05, 0.1) is 22.1 Å². The Kier molecular flexibility index (Phi) is 6.33. The number of para-hydroxylation sites is 1. The number of nitrogens with zero attached hydrogens (tertiary/aromatic N) is 5. The third-order valence-corrected chi connectivity index (χ3v) is 10.1. The number of pyridine rings is 4. The number of rotatable bonds is 5. The molecule has 0 spiro atoms. The van der Waals surface area contributed by atoms with Gasteiger partial charge in [-0.15, -0.1) is 0 Å². The summed E-state index contributed by atoms with van der Waals surface area (Å²) in [4.78, 5) is 19.0. The van der Waals surface area contributed by atoms with Gasteiger partial charge in [0.1, 0.15) is 5.82 Å². The van der Waals surface area contributed by atoms with Crippen molar-refractivity contribution in [2.45, 2.75) is 5.41 Å². The van der Waals surface area contributed by atoms with E-state index in [9.17, 15) is 0 Å². The van der Waals surface area contributed by atoms with Crippen LogP contribution in [0.4, 0.5) is 0 Å². The van der Waals surface area contributed by atoms with Gasteiger partial charge in [-0.05, 0) is 75.8 Å². The van der Waals surface area contributed by atoms with Crippen LogP contribution in [0.3, 0.4) is 0 Å². The molecule has 0 aliphatic heterocycles. The molecule has 0 amide bonds. The maximum absolute atomic E-state index is 5.40. The molecule has 4 aromatic carbocycles. The van der Waals surface area contributed by atoms with Crippen LogP contribution in [-0.2, 0) is 5.41 Å². The number of fused-ring (bicyclic) bond motifs is 7. The van der Waals surface area contributed by atoms with E-state index in [0.29, 0.717) is 0 Å². The highest BCUT2D eigenvalue weighted by Crippen LogP contribution is 2.58. The standard InChI is InChI=1S/C45H29N5/c1-2-13-33(14-3-1)45(34-15-10-24-48-29-34)38-18-6-4-17-37(38)43-39(45)21-20-36-35-16-5-7-19-41(35)50(44(36)43)42-26-32(30-11-8-22-46-27-30)25-40(49-42)31-12-9-23-47-28-31/h1-29H. The second-order valence-corrected chi connectivity index (χ2v) is 12.7. The van der Waals surface area contributed by atoms with E-state index in [1.54, 1.807) is 6.20 Å². The summed E-state index contributed by atoms with van der Waals surface area (Å²) in [5.74, 6) is 0.834. The van der Waals surface area contributed by atoms with Gasteiger partial charge in [-0.2, -0.15) is 0 Å². The fourth-order valence-electron chi connectivity index (χ4n) is 8.11. The molecule has 10 rings (SSSR count). The largest absolute Gasteiger partial charge is 0.293 e. The van der Waals surface area contributed by atoms with Crippen molar-refractivity contribution < 1.29 is 0 Å². The fourth-order valence-corrected chi connectivity index (χ4v) is 8.11. The van der Waals surface area contributed by atoms with Crippen LogP contribution < -0.4 is 0 Å². The Morgan fingerprint density at radius 1 is 0.480 bits per heavy atom. The Morgan fingerprint density at radius 3 is 1.96 bits per heavy atom. The minimum absolute atomic E-state index is 0.567. The number of hydrogen-bond donors (Lipinski definition) is 0. The zero-order valence-corrected chi connectivity index (χ0v) is 27.0. The Balaban J connectivity index is 1.37.